The summed E-state index contributed by atoms with van der Waals surface area (Å²) in [5, 5.41) is 2.82. The van der Waals surface area contributed by atoms with Gasteiger partial charge in [0.15, 0.2) is 6.61 Å². The summed E-state index contributed by atoms with van der Waals surface area (Å²) >= 11 is 0. The smallest absolute Gasteiger partial charge is 0.258 e. The second-order valence-electron chi connectivity index (χ2n) is 4.92. The first-order chi connectivity index (χ1) is 9.54. The number of amides is 1. The highest BCUT2D eigenvalue weighted by atomic mass is 16.5. The van der Waals surface area contributed by atoms with Gasteiger partial charge in [0.25, 0.3) is 5.91 Å². The van der Waals surface area contributed by atoms with Crippen molar-refractivity contribution in [1.29, 1.82) is 0 Å². The van der Waals surface area contributed by atoms with Crippen LogP contribution in [0, 0.1) is 13.8 Å². The van der Waals surface area contributed by atoms with Crippen LogP contribution in [0.25, 0.3) is 0 Å². The molecule has 0 radical (unpaired) electrons. The van der Waals surface area contributed by atoms with Gasteiger partial charge in [-0.25, -0.2) is 0 Å². The van der Waals surface area contributed by atoms with Gasteiger partial charge in [0.1, 0.15) is 11.5 Å². The number of hydrogen-bond acceptors (Lipinski definition) is 3. The lowest BCUT2D eigenvalue weighted by Gasteiger charge is -2.12. The highest BCUT2D eigenvalue weighted by molar-refractivity contribution is 5.77. The SMILES string of the molecule is Cc1cc(C)cc(OCC(=O)N[C@@H](C)c2ccco2)c1. The van der Waals surface area contributed by atoms with Gasteiger partial charge in [-0.3, -0.25) is 4.79 Å². The van der Waals surface area contributed by atoms with Gasteiger partial charge >= 0.3 is 0 Å². The molecule has 1 heterocycles. The fourth-order valence-electron chi connectivity index (χ4n) is 2.06. The van der Waals surface area contributed by atoms with Gasteiger partial charge in [0.05, 0.1) is 12.3 Å². The topological polar surface area (TPSA) is 51.5 Å². The van der Waals surface area contributed by atoms with Crippen LogP contribution in [0.3, 0.4) is 0 Å². The summed E-state index contributed by atoms with van der Waals surface area (Å²) in [5.74, 6) is 1.26. The van der Waals surface area contributed by atoms with E-state index in [9.17, 15) is 4.79 Å². The van der Waals surface area contributed by atoms with E-state index >= 15 is 0 Å². The van der Waals surface area contributed by atoms with E-state index < -0.39 is 0 Å². The first kappa shape index (κ1) is 14.2. The van der Waals surface area contributed by atoms with Crippen LogP contribution >= 0.6 is 0 Å². The molecule has 4 nitrogen and oxygen atoms in total. The van der Waals surface area contributed by atoms with Crippen molar-refractivity contribution < 1.29 is 13.9 Å². The summed E-state index contributed by atoms with van der Waals surface area (Å²) in [6, 6.07) is 9.35. The molecule has 0 spiro atoms. The highest BCUT2D eigenvalue weighted by Crippen LogP contribution is 2.16. The number of rotatable bonds is 5. The molecule has 1 amide bonds. The minimum absolute atomic E-state index is 0.00601. The average molecular weight is 273 g/mol. The Balaban J connectivity index is 1.86. The van der Waals surface area contributed by atoms with Crippen molar-refractivity contribution in [2.24, 2.45) is 0 Å². The summed E-state index contributed by atoms with van der Waals surface area (Å²) in [7, 11) is 0. The second kappa shape index (κ2) is 6.28. The van der Waals surface area contributed by atoms with E-state index in [2.05, 4.69) is 11.4 Å². The van der Waals surface area contributed by atoms with Gasteiger partial charge in [0.2, 0.25) is 0 Å². The maximum absolute atomic E-state index is 11.8. The Hall–Kier alpha value is -2.23. The number of benzene rings is 1. The van der Waals surface area contributed by atoms with E-state index in [-0.39, 0.29) is 18.6 Å². The molecule has 1 aromatic heterocycles. The van der Waals surface area contributed by atoms with Crippen molar-refractivity contribution in [1.82, 2.24) is 5.32 Å². The van der Waals surface area contributed by atoms with Gasteiger partial charge in [0, 0.05) is 0 Å². The largest absolute Gasteiger partial charge is 0.484 e. The molecule has 106 valence electrons. The van der Waals surface area contributed by atoms with Crippen molar-refractivity contribution in [3.63, 3.8) is 0 Å². The van der Waals surface area contributed by atoms with Gasteiger partial charge in [-0.05, 0) is 56.2 Å². The van der Waals surface area contributed by atoms with Crippen LogP contribution in [-0.2, 0) is 4.79 Å². The monoisotopic (exact) mass is 273 g/mol. The van der Waals surface area contributed by atoms with Crippen LogP contribution < -0.4 is 10.1 Å². The molecule has 0 saturated carbocycles. The predicted molar refractivity (Wildman–Crippen MR) is 76.7 cm³/mol. The van der Waals surface area contributed by atoms with Gasteiger partial charge < -0.3 is 14.5 Å². The zero-order chi connectivity index (χ0) is 14.5. The third kappa shape index (κ3) is 3.88. The number of aryl methyl sites for hydroxylation is 2. The Bertz CT molecular complexity index is 555. The standard InChI is InChI=1S/C16H19NO3/c1-11-7-12(2)9-14(8-11)20-10-16(18)17-13(3)15-5-4-6-19-15/h4-9,13H,10H2,1-3H3,(H,17,18)/t13-/m0/s1. The number of carbonyl (C=O) groups is 1. The number of furan rings is 1. The molecule has 1 aromatic carbocycles. The summed E-state index contributed by atoms with van der Waals surface area (Å²) in [6.45, 7) is 5.86. The molecule has 4 heteroatoms. The molecule has 0 unspecified atom stereocenters. The Morgan fingerprint density at radius 2 is 2.00 bits per heavy atom. The van der Waals surface area contributed by atoms with Crippen LogP contribution in [0.5, 0.6) is 5.75 Å². The lowest BCUT2D eigenvalue weighted by atomic mass is 10.1. The van der Waals surface area contributed by atoms with E-state index in [0.29, 0.717) is 5.75 Å². The Morgan fingerprint density at radius 3 is 2.60 bits per heavy atom. The number of hydrogen-bond donors (Lipinski definition) is 1. The number of carbonyl (C=O) groups excluding carboxylic acids is 1. The molecule has 1 atom stereocenters. The van der Waals surface area contributed by atoms with E-state index in [1.807, 2.05) is 39.0 Å². The van der Waals surface area contributed by atoms with E-state index in [0.717, 1.165) is 16.9 Å². The van der Waals surface area contributed by atoms with E-state index in [1.54, 1.807) is 12.3 Å². The first-order valence-corrected chi connectivity index (χ1v) is 6.58. The van der Waals surface area contributed by atoms with Crippen molar-refractivity contribution in [3.05, 3.63) is 53.5 Å². The molecule has 1 N–H and O–H groups in total. The highest BCUT2D eigenvalue weighted by Gasteiger charge is 2.12. The molecule has 0 aliphatic carbocycles. The molecule has 20 heavy (non-hydrogen) atoms. The molecule has 0 bridgehead atoms. The van der Waals surface area contributed by atoms with Gasteiger partial charge in [-0.2, -0.15) is 0 Å². The maximum atomic E-state index is 11.8. The van der Waals surface area contributed by atoms with Crippen molar-refractivity contribution >= 4 is 5.91 Å². The normalized spacial score (nSPS) is 11.9. The van der Waals surface area contributed by atoms with Gasteiger partial charge in [-0.1, -0.05) is 6.07 Å². The minimum Gasteiger partial charge on any atom is -0.484 e. The van der Waals surface area contributed by atoms with E-state index in [4.69, 9.17) is 9.15 Å². The minimum atomic E-state index is -0.173. The molecule has 0 aliphatic heterocycles. The Kier molecular flexibility index (Phi) is 4.45. The lowest BCUT2D eigenvalue weighted by molar-refractivity contribution is -0.123. The van der Waals surface area contributed by atoms with Crippen molar-refractivity contribution in [3.8, 4) is 5.75 Å². The van der Waals surface area contributed by atoms with E-state index in [1.165, 1.54) is 0 Å². The lowest BCUT2D eigenvalue weighted by Crippen LogP contribution is -2.31. The predicted octanol–water partition coefficient (Wildman–Crippen LogP) is 3.15. The molecular formula is C16H19NO3. The fraction of sp³-hybridized carbons (Fsp3) is 0.312. The summed E-state index contributed by atoms with van der Waals surface area (Å²) in [5.41, 5.74) is 2.23. The zero-order valence-electron chi connectivity index (χ0n) is 12.0. The number of ether oxygens (including phenoxy) is 1. The summed E-state index contributed by atoms with van der Waals surface area (Å²) < 4.78 is 10.7. The molecule has 0 fully saturated rings. The molecule has 2 rings (SSSR count). The molecule has 2 aromatic rings. The zero-order valence-corrected chi connectivity index (χ0v) is 12.0. The van der Waals surface area contributed by atoms with Gasteiger partial charge in [-0.15, -0.1) is 0 Å². The van der Waals surface area contributed by atoms with Crippen molar-refractivity contribution in [2.45, 2.75) is 26.8 Å². The second-order valence-corrected chi connectivity index (χ2v) is 4.92. The molecule has 0 aliphatic rings. The summed E-state index contributed by atoms with van der Waals surface area (Å²) in [4.78, 5) is 11.8. The van der Waals surface area contributed by atoms with Crippen LogP contribution in [0.4, 0.5) is 0 Å². The Labute approximate surface area is 118 Å². The fourth-order valence-corrected chi connectivity index (χ4v) is 2.06. The third-order valence-corrected chi connectivity index (χ3v) is 2.91. The third-order valence-electron chi connectivity index (χ3n) is 2.91. The summed E-state index contributed by atoms with van der Waals surface area (Å²) in [6.07, 6.45) is 1.59. The maximum Gasteiger partial charge on any atom is 0.258 e. The van der Waals surface area contributed by atoms with Crippen molar-refractivity contribution in [2.75, 3.05) is 6.61 Å². The van der Waals surface area contributed by atoms with Crippen LogP contribution in [0.1, 0.15) is 29.9 Å². The molecular weight excluding hydrogens is 254 g/mol. The van der Waals surface area contributed by atoms with Crippen LogP contribution in [-0.4, -0.2) is 12.5 Å². The average Bonchev–Trinajstić information content (AvgIpc) is 2.89. The number of nitrogens with one attached hydrogen (secondary N) is 1. The van der Waals surface area contributed by atoms with Crippen LogP contribution in [0.15, 0.2) is 41.0 Å². The quantitative estimate of drug-likeness (QED) is 0.910. The van der Waals surface area contributed by atoms with Crippen LogP contribution in [0.2, 0.25) is 0 Å². The Morgan fingerprint density at radius 1 is 1.30 bits per heavy atom. The molecule has 0 saturated heterocycles. The first-order valence-electron chi connectivity index (χ1n) is 6.58.